The summed E-state index contributed by atoms with van der Waals surface area (Å²) in [6.07, 6.45) is 0. The fourth-order valence-corrected chi connectivity index (χ4v) is 2.96. The molecular weight excluding hydrogens is 328 g/mol. The summed E-state index contributed by atoms with van der Waals surface area (Å²) in [7, 11) is 0. The van der Waals surface area contributed by atoms with Gasteiger partial charge in [0.15, 0.2) is 0 Å². The van der Waals surface area contributed by atoms with E-state index in [0.29, 0.717) is 0 Å². The van der Waals surface area contributed by atoms with Crippen LogP contribution in [0.4, 0.5) is 0 Å². The number of halogens is 1. The smallest absolute Gasteiger partial charge is 0.0934 e. The zero-order chi connectivity index (χ0) is 17.2. The lowest BCUT2D eigenvalue weighted by atomic mass is 10.1. The third-order valence-corrected chi connectivity index (χ3v) is 4.45. The molecule has 0 atom stereocenters. The molecule has 2 nitrogen and oxygen atoms in total. The van der Waals surface area contributed by atoms with Gasteiger partial charge in [-0.15, -0.1) is 0 Å². The molecule has 0 fully saturated rings. The fourth-order valence-electron chi connectivity index (χ4n) is 2.84. The standard InChI is InChI=1S/C22H17ClN2/c1-16-7-9-18(10-8-16)22-15-21(17-11-13-19(23)14-12-17)24-25(22)20-5-3-2-4-6-20/h2-15H,1H3. The second kappa shape index (κ2) is 6.58. The van der Waals surface area contributed by atoms with Crippen molar-refractivity contribution in [1.29, 1.82) is 0 Å². The Balaban J connectivity index is 1.89. The molecule has 3 heteroatoms. The van der Waals surface area contributed by atoms with Crippen LogP contribution in [0.5, 0.6) is 0 Å². The first-order valence-electron chi connectivity index (χ1n) is 8.19. The van der Waals surface area contributed by atoms with Gasteiger partial charge in [-0.2, -0.15) is 5.10 Å². The lowest BCUT2D eigenvalue weighted by Gasteiger charge is -2.07. The Kier molecular flexibility index (Phi) is 4.12. The summed E-state index contributed by atoms with van der Waals surface area (Å²) >= 11 is 6.02. The van der Waals surface area contributed by atoms with Gasteiger partial charge in [0.25, 0.3) is 0 Å². The number of aryl methyl sites for hydroxylation is 1. The van der Waals surface area contributed by atoms with E-state index < -0.39 is 0 Å². The van der Waals surface area contributed by atoms with E-state index in [0.717, 1.165) is 33.2 Å². The van der Waals surface area contributed by atoms with Crippen molar-refractivity contribution in [3.63, 3.8) is 0 Å². The lowest BCUT2D eigenvalue weighted by molar-refractivity contribution is 0.892. The molecule has 25 heavy (non-hydrogen) atoms. The van der Waals surface area contributed by atoms with Gasteiger partial charge in [0.2, 0.25) is 0 Å². The average molecular weight is 345 g/mol. The molecule has 4 rings (SSSR count). The summed E-state index contributed by atoms with van der Waals surface area (Å²) < 4.78 is 1.99. The van der Waals surface area contributed by atoms with Crippen LogP contribution in [-0.4, -0.2) is 9.78 Å². The Morgan fingerprint density at radius 1 is 0.760 bits per heavy atom. The van der Waals surface area contributed by atoms with Crippen LogP contribution < -0.4 is 0 Å². The largest absolute Gasteiger partial charge is 0.232 e. The third kappa shape index (κ3) is 3.21. The molecule has 1 aromatic heterocycles. The highest BCUT2D eigenvalue weighted by molar-refractivity contribution is 6.30. The quantitative estimate of drug-likeness (QED) is 0.434. The van der Waals surface area contributed by atoms with Gasteiger partial charge >= 0.3 is 0 Å². The summed E-state index contributed by atoms with van der Waals surface area (Å²) in [4.78, 5) is 0. The molecule has 0 bridgehead atoms. The fraction of sp³-hybridized carbons (Fsp3) is 0.0455. The van der Waals surface area contributed by atoms with Crippen molar-refractivity contribution in [2.45, 2.75) is 6.92 Å². The lowest BCUT2D eigenvalue weighted by Crippen LogP contribution is -1.98. The molecule has 0 spiro atoms. The number of nitrogens with zero attached hydrogens (tertiary/aromatic N) is 2. The van der Waals surface area contributed by atoms with Gasteiger partial charge in [0.05, 0.1) is 17.1 Å². The normalized spacial score (nSPS) is 10.8. The average Bonchev–Trinajstić information content (AvgIpc) is 3.09. The minimum atomic E-state index is 0.727. The Bertz CT molecular complexity index is 985. The Hall–Kier alpha value is -2.84. The summed E-state index contributed by atoms with van der Waals surface area (Å²) in [5.74, 6) is 0. The van der Waals surface area contributed by atoms with Crippen LogP contribution in [0.1, 0.15) is 5.56 Å². The van der Waals surface area contributed by atoms with E-state index in [1.807, 2.05) is 47.1 Å². The van der Waals surface area contributed by atoms with E-state index in [-0.39, 0.29) is 0 Å². The first-order valence-corrected chi connectivity index (χ1v) is 8.57. The molecule has 0 aliphatic carbocycles. The predicted molar refractivity (Wildman–Crippen MR) is 104 cm³/mol. The molecule has 0 unspecified atom stereocenters. The topological polar surface area (TPSA) is 17.8 Å². The van der Waals surface area contributed by atoms with Crippen LogP contribution in [-0.2, 0) is 0 Å². The van der Waals surface area contributed by atoms with Crippen molar-refractivity contribution in [3.05, 3.63) is 95.5 Å². The second-order valence-corrected chi connectivity index (χ2v) is 6.47. The molecule has 122 valence electrons. The zero-order valence-electron chi connectivity index (χ0n) is 13.9. The monoisotopic (exact) mass is 344 g/mol. The number of benzene rings is 3. The van der Waals surface area contributed by atoms with Crippen LogP contribution in [0.25, 0.3) is 28.2 Å². The van der Waals surface area contributed by atoms with E-state index in [1.165, 1.54) is 5.56 Å². The predicted octanol–water partition coefficient (Wildman–Crippen LogP) is 6.17. The first-order chi connectivity index (χ1) is 12.2. The maximum Gasteiger partial charge on any atom is 0.0934 e. The number of hydrogen-bond acceptors (Lipinski definition) is 1. The van der Waals surface area contributed by atoms with Gasteiger partial charge < -0.3 is 0 Å². The van der Waals surface area contributed by atoms with Gasteiger partial charge in [-0.25, -0.2) is 4.68 Å². The van der Waals surface area contributed by atoms with Crippen LogP contribution in [0.15, 0.2) is 84.9 Å². The highest BCUT2D eigenvalue weighted by Crippen LogP contribution is 2.29. The molecule has 0 saturated heterocycles. The molecule has 0 radical (unpaired) electrons. The van der Waals surface area contributed by atoms with E-state index in [4.69, 9.17) is 16.7 Å². The summed E-state index contributed by atoms with van der Waals surface area (Å²) in [5.41, 5.74) is 6.47. The SMILES string of the molecule is Cc1ccc(-c2cc(-c3ccc(Cl)cc3)nn2-c2ccccc2)cc1. The van der Waals surface area contributed by atoms with Crippen molar-refractivity contribution in [3.8, 4) is 28.2 Å². The molecular formula is C22H17ClN2. The molecule has 0 saturated carbocycles. The maximum atomic E-state index is 6.02. The van der Waals surface area contributed by atoms with Crippen molar-refractivity contribution in [2.75, 3.05) is 0 Å². The first kappa shape index (κ1) is 15.7. The van der Waals surface area contributed by atoms with E-state index in [2.05, 4.69) is 49.4 Å². The molecule has 4 aromatic rings. The molecule has 0 N–H and O–H groups in total. The van der Waals surface area contributed by atoms with Crippen LogP contribution in [0.3, 0.4) is 0 Å². The van der Waals surface area contributed by atoms with Gasteiger partial charge in [0, 0.05) is 16.1 Å². The van der Waals surface area contributed by atoms with E-state index in [1.54, 1.807) is 0 Å². The van der Waals surface area contributed by atoms with Crippen molar-refractivity contribution < 1.29 is 0 Å². The number of rotatable bonds is 3. The van der Waals surface area contributed by atoms with Crippen molar-refractivity contribution in [2.24, 2.45) is 0 Å². The van der Waals surface area contributed by atoms with Gasteiger partial charge in [-0.3, -0.25) is 0 Å². The summed E-state index contributed by atoms with van der Waals surface area (Å²) in [6, 6.07) is 28.6. The molecule has 3 aromatic carbocycles. The van der Waals surface area contributed by atoms with Crippen LogP contribution in [0, 0.1) is 6.92 Å². The Labute approximate surface area is 152 Å². The number of aromatic nitrogens is 2. The van der Waals surface area contributed by atoms with E-state index in [9.17, 15) is 0 Å². The Morgan fingerprint density at radius 2 is 1.40 bits per heavy atom. The van der Waals surface area contributed by atoms with Gasteiger partial charge in [-0.05, 0) is 37.3 Å². The molecule has 0 aliphatic heterocycles. The summed E-state index contributed by atoms with van der Waals surface area (Å²) in [6.45, 7) is 2.09. The van der Waals surface area contributed by atoms with Gasteiger partial charge in [0.1, 0.15) is 0 Å². The van der Waals surface area contributed by atoms with E-state index >= 15 is 0 Å². The van der Waals surface area contributed by atoms with Crippen molar-refractivity contribution >= 4 is 11.6 Å². The number of hydrogen-bond donors (Lipinski definition) is 0. The molecule has 1 heterocycles. The Morgan fingerprint density at radius 3 is 2.08 bits per heavy atom. The summed E-state index contributed by atoms with van der Waals surface area (Å²) in [5, 5.41) is 5.58. The second-order valence-electron chi connectivity index (χ2n) is 6.04. The third-order valence-electron chi connectivity index (χ3n) is 4.20. The number of para-hydroxylation sites is 1. The zero-order valence-corrected chi connectivity index (χ0v) is 14.6. The minimum Gasteiger partial charge on any atom is -0.232 e. The minimum absolute atomic E-state index is 0.727. The van der Waals surface area contributed by atoms with Gasteiger partial charge in [-0.1, -0.05) is 71.8 Å². The highest BCUT2D eigenvalue weighted by Gasteiger charge is 2.13. The van der Waals surface area contributed by atoms with Crippen LogP contribution >= 0.6 is 11.6 Å². The molecule has 0 amide bonds. The molecule has 0 aliphatic rings. The maximum absolute atomic E-state index is 6.02. The highest BCUT2D eigenvalue weighted by atomic mass is 35.5. The van der Waals surface area contributed by atoms with Crippen LogP contribution in [0.2, 0.25) is 5.02 Å². The van der Waals surface area contributed by atoms with Crippen molar-refractivity contribution in [1.82, 2.24) is 9.78 Å².